The van der Waals surface area contributed by atoms with Crippen LogP contribution in [0, 0.1) is 0 Å². The lowest BCUT2D eigenvalue weighted by atomic mass is 10.0. The topological polar surface area (TPSA) is 67.3 Å². The van der Waals surface area contributed by atoms with Gasteiger partial charge in [0.05, 0.1) is 24.4 Å². The molecule has 1 atom stereocenters. The number of ether oxygens (including phenoxy) is 1. The molecule has 25 heavy (non-hydrogen) atoms. The van der Waals surface area contributed by atoms with E-state index in [1.54, 1.807) is 7.11 Å². The number of hydrogen-bond donors (Lipinski definition) is 1. The second-order valence-corrected chi connectivity index (χ2v) is 6.53. The number of fused-ring (bicyclic) bond motifs is 1. The van der Waals surface area contributed by atoms with Crippen molar-refractivity contribution in [1.29, 1.82) is 0 Å². The van der Waals surface area contributed by atoms with Gasteiger partial charge in [-0.25, -0.2) is 9.97 Å². The van der Waals surface area contributed by atoms with Crippen molar-refractivity contribution >= 4 is 5.91 Å². The smallest absolute Gasteiger partial charge is 0.257 e. The largest absolute Gasteiger partial charge is 0.496 e. The third-order valence-electron chi connectivity index (χ3n) is 4.95. The van der Waals surface area contributed by atoms with Crippen LogP contribution >= 0.6 is 0 Å². The van der Waals surface area contributed by atoms with Crippen molar-refractivity contribution in [3.8, 4) is 5.75 Å². The van der Waals surface area contributed by atoms with Gasteiger partial charge in [-0.1, -0.05) is 12.1 Å². The van der Waals surface area contributed by atoms with Gasteiger partial charge in [-0.15, -0.1) is 0 Å². The Labute approximate surface area is 147 Å². The third-order valence-corrected chi connectivity index (χ3v) is 4.95. The van der Waals surface area contributed by atoms with Gasteiger partial charge in [0.1, 0.15) is 11.6 Å². The minimum absolute atomic E-state index is 0.00960. The number of nitrogens with one attached hydrogen (secondary N) is 1. The van der Waals surface area contributed by atoms with E-state index in [0.717, 1.165) is 36.5 Å². The lowest BCUT2D eigenvalue weighted by Crippen LogP contribution is -2.37. The predicted octanol–water partition coefficient (Wildman–Crippen LogP) is 2.11. The normalized spacial score (nSPS) is 19.6. The van der Waals surface area contributed by atoms with Gasteiger partial charge < -0.3 is 15.0 Å². The summed E-state index contributed by atoms with van der Waals surface area (Å²) in [4.78, 5) is 24.0. The van der Waals surface area contributed by atoms with E-state index in [-0.39, 0.29) is 11.9 Å². The van der Waals surface area contributed by atoms with E-state index in [1.807, 2.05) is 35.4 Å². The second-order valence-electron chi connectivity index (χ2n) is 6.53. The number of carbonyl (C=O) groups is 1. The molecule has 0 aliphatic carbocycles. The number of aromatic nitrogens is 2. The SMILES string of the molecule is COc1ccccc1C(=O)N1CCc2nc(C3CCCN3)ncc2C1. The van der Waals surface area contributed by atoms with Crippen LogP contribution in [0.2, 0.25) is 0 Å². The van der Waals surface area contributed by atoms with Crippen LogP contribution in [0.3, 0.4) is 0 Å². The molecule has 6 nitrogen and oxygen atoms in total. The van der Waals surface area contributed by atoms with E-state index in [1.165, 1.54) is 6.42 Å². The Bertz CT molecular complexity index is 787. The maximum absolute atomic E-state index is 12.9. The summed E-state index contributed by atoms with van der Waals surface area (Å²) >= 11 is 0. The molecule has 130 valence electrons. The second kappa shape index (κ2) is 6.80. The fourth-order valence-electron chi connectivity index (χ4n) is 3.57. The van der Waals surface area contributed by atoms with Crippen molar-refractivity contribution in [2.75, 3.05) is 20.2 Å². The summed E-state index contributed by atoms with van der Waals surface area (Å²) < 4.78 is 5.32. The lowest BCUT2D eigenvalue weighted by Gasteiger charge is -2.29. The third kappa shape index (κ3) is 3.09. The highest BCUT2D eigenvalue weighted by Crippen LogP contribution is 2.25. The number of methoxy groups -OCH3 is 1. The molecule has 1 aromatic carbocycles. The molecular weight excluding hydrogens is 316 g/mol. The summed E-state index contributed by atoms with van der Waals surface area (Å²) in [7, 11) is 1.59. The Morgan fingerprint density at radius 2 is 2.24 bits per heavy atom. The molecule has 1 saturated heterocycles. The van der Waals surface area contributed by atoms with Crippen LogP contribution in [0.5, 0.6) is 5.75 Å². The first-order chi connectivity index (χ1) is 12.3. The fourth-order valence-corrected chi connectivity index (χ4v) is 3.57. The zero-order valence-corrected chi connectivity index (χ0v) is 14.4. The highest BCUT2D eigenvalue weighted by atomic mass is 16.5. The molecule has 3 heterocycles. The minimum Gasteiger partial charge on any atom is -0.496 e. The molecule has 2 aliphatic heterocycles. The molecule has 1 fully saturated rings. The Morgan fingerprint density at radius 1 is 1.36 bits per heavy atom. The summed E-state index contributed by atoms with van der Waals surface area (Å²) in [5, 5.41) is 3.44. The lowest BCUT2D eigenvalue weighted by molar-refractivity contribution is 0.0729. The molecule has 1 aromatic heterocycles. The first kappa shape index (κ1) is 16.0. The quantitative estimate of drug-likeness (QED) is 0.928. The fraction of sp³-hybridized carbons (Fsp3) is 0.421. The first-order valence-electron chi connectivity index (χ1n) is 8.76. The average Bonchev–Trinajstić information content (AvgIpc) is 3.21. The number of rotatable bonds is 3. The van der Waals surface area contributed by atoms with Crippen LogP contribution in [0.15, 0.2) is 30.5 Å². The Balaban J connectivity index is 1.53. The van der Waals surface area contributed by atoms with Gasteiger partial charge in [0.15, 0.2) is 0 Å². The number of carbonyl (C=O) groups excluding carboxylic acids is 1. The van der Waals surface area contributed by atoms with E-state index in [4.69, 9.17) is 9.72 Å². The first-order valence-corrected chi connectivity index (χ1v) is 8.76. The maximum Gasteiger partial charge on any atom is 0.257 e. The highest BCUT2D eigenvalue weighted by Gasteiger charge is 2.26. The molecule has 2 aliphatic rings. The van der Waals surface area contributed by atoms with Crippen LogP contribution in [-0.4, -0.2) is 41.0 Å². The molecule has 1 unspecified atom stereocenters. The molecule has 0 saturated carbocycles. The molecule has 1 amide bonds. The summed E-state index contributed by atoms with van der Waals surface area (Å²) in [6, 6.07) is 7.63. The molecule has 1 N–H and O–H groups in total. The van der Waals surface area contributed by atoms with Gasteiger partial charge in [0, 0.05) is 31.3 Å². The van der Waals surface area contributed by atoms with Crippen molar-refractivity contribution in [3.63, 3.8) is 0 Å². The van der Waals surface area contributed by atoms with Crippen molar-refractivity contribution in [3.05, 3.63) is 53.1 Å². The van der Waals surface area contributed by atoms with Crippen molar-refractivity contribution in [2.24, 2.45) is 0 Å². The molecule has 6 heteroatoms. The molecule has 4 rings (SSSR count). The van der Waals surface area contributed by atoms with Gasteiger partial charge in [-0.2, -0.15) is 0 Å². The van der Waals surface area contributed by atoms with Crippen LogP contribution in [0.4, 0.5) is 0 Å². The predicted molar refractivity (Wildman–Crippen MR) is 93.4 cm³/mol. The van der Waals surface area contributed by atoms with E-state index < -0.39 is 0 Å². The number of nitrogens with zero attached hydrogens (tertiary/aromatic N) is 3. The molecule has 2 aromatic rings. The Morgan fingerprint density at radius 3 is 3.04 bits per heavy atom. The summed E-state index contributed by atoms with van der Waals surface area (Å²) in [6.45, 7) is 2.25. The zero-order valence-electron chi connectivity index (χ0n) is 14.4. The van der Waals surface area contributed by atoms with Gasteiger partial charge in [0.25, 0.3) is 5.91 Å². The Hall–Kier alpha value is -2.47. The maximum atomic E-state index is 12.9. The van der Waals surface area contributed by atoms with Crippen LogP contribution in [0.1, 0.15) is 46.3 Å². The standard InChI is InChI=1S/C19H22N4O2/c1-25-17-7-3-2-5-14(17)19(24)23-10-8-15-13(12-23)11-21-18(22-15)16-6-4-9-20-16/h2-3,5,7,11,16,20H,4,6,8-10,12H2,1H3. The number of amides is 1. The van der Waals surface area contributed by atoms with Gasteiger partial charge >= 0.3 is 0 Å². The van der Waals surface area contributed by atoms with Gasteiger partial charge in [-0.3, -0.25) is 4.79 Å². The highest BCUT2D eigenvalue weighted by molar-refractivity contribution is 5.97. The molecule has 0 spiro atoms. The molecule has 0 bridgehead atoms. The molecule has 0 radical (unpaired) electrons. The number of hydrogen-bond acceptors (Lipinski definition) is 5. The van der Waals surface area contributed by atoms with Crippen LogP contribution in [0.25, 0.3) is 0 Å². The van der Waals surface area contributed by atoms with E-state index in [0.29, 0.717) is 24.4 Å². The van der Waals surface area contributed by atoms with Crippen LogP contribution in [-0.2, 0) is 13.0 Å². The Kier molecular flexibility index (Phi) is 4.36. The summed E-state index contributed by atoms with van der Waals surface area (Å²) in [5.41, 5.74) is 2.71. The van der Waals surface area contributed by atoms with Gasteiger partial charge in [-0.05, 0) is 31.5 Å². The summed E-state index contributed by atoms with van der Waals surface area (Å²) in [5.74, 6) is 1.49. The van der Waals surface area contributed by atoms with Crippen LogP contribution < -0.4 is 10.1 Å². The molecular formula is C19H22N4O2. The van der Waals surface area contributed by atoms with Crippen molar-refractivity contribution in [1.82, 2.24) is 20.2 Å². The average molecular weight is 338 g/mol. The van der Waals surface area contributed by atoms with E-state index in [2.05, 4.69) is 10.3 Å². The number of para-hydroxylation sites is 1. The minimum atomic E-state index is -0.00960. The number of benzene rings is 1. The van der Waals surface area contributed by atoms with E-state index in [9.17, 15) is 4.79 Å². The van der Waals surface area contributed by atoms with Crippen molar-refractivity contribution in [2.45, 2.75) is 31.8 Å². The van der Waals surface area contributed by atoms with Crippen molar-refractivity contribution < 1.29 is 9.53 Å². The zero-order chi connectivity index (χ0) is 17.2. The van der Waals surface area contributed by atoms with E-state index >= 15 is 0 Å². The monoisotopic (exact) mass is 338 g/mol. The van der Waals surface area contributed by atoms with Gasteiger partial charge in [0.2, 0.25) is 0 Å². The summed E-state index contributed by atoms with van der Waals surface area (Å²) in [6.07, 6.45) is 4.92.